The van der Waals surface area contributed by atoms with Crippen LogP contribution in [0.25, 0.3) is 6.20 Å². The largest absolute Gasteiger partial charge is 0.378 e. The molecule has 2 aromatic rings. The number of hydrogen-bond acceptors (Lipinski definition) is 6. The molecule has 1 aliphatic rings. The Bertz CT molecular complexity index is 968. The van der Waals surface area contributed by atoms with Crippen LogP contribution in [0.1, 0.15) is 0 Å². The highest BCUT2D eigenvalue weighted by atomic mass is 32.2. The molecule has 1 heterocycles. The zero-order chi connectivity index (χ0) is 16.6. The quantitative estimate of drug-likeness (QED) is 0.892. The van der Waals surface area contributed by atoms with Gasteiger partial charge in [0.2, 0.25) is 9.84 Å². The fourth-order valence-electron chi connectivity index (χ4n) is 2.43. The first-order valence-electron chi connectivity index (χ1n) is 7.03. The van der Waals surface area contributed by atoms with Gasteiger partial charge in [-0.1, -0.05) is 18.2 Å². The van der Waals surface area contributed by atoms with E-state index >= 15 is 0 Å². The third-order valence-corrected chi connectivity index (χ3v) is 5.41. The lowest BCUT2D eigenvalue weighted by Gasteiger charge is -2.15. The zero-order valence-corrected chi connectivity index (χ0v) is 13.7. The van der Waals surface area contributed by atoms with Gasteiger partial charge in [0, 0.05) is 31.2 Å². The Labute approximate surface area is 134 Å². The van der Waals surface area contributed by atoms with Crippen LogP contribution in [0.3, 0.4) is 0 Å². The smallest absolute Gasteiger partial charge is 0.208 e. The molecule has 0 spiro atoms. The van der Waals surface area contributed by atoms with Crippen molar-refractivity contribution in [2.45, 2.75) is 9.79 Å². The van der Waals surface area contributed by atoms with Crippen molar-refractivity contribution in [1.82, 2.24) is 5.06 Å². The minimum atomic E-state index is -3.69. The van der Waals surface area contributed by atoms with Gasteiger partial charge in [-0.05, 0) is 24.3 Å². The molecule has 1 N–H and O–H groups in total. The van der Waals surface area contributed by atoms with E-state index in [2.05, 4.69) is 4.99 Å². The van der Waals surface area contributed by atoms with E-state index in [1.54, 1.807) is 36.4 Å². The summed E-state index contributed by atoms with van der Waals surface area (Å²) in [6, 6.07) is 11.7. The van der Waals surface area contributed by atoms with Crippen LogP contribution in [-0.2, 0) is 9.84 Å². The Hall–Kier alpha value is -2.38. The number of para-hydroxylation sites is 1. The molecule has 23 heavy (non-hydrogen) atoms. The molecule has 0 atom stereocenters. The number of hydroxylamine groups is 2. The van der Waals surface area contributed by atoms with Crippen molar-refractivity contribution in [1.29, 1.82) is 0 Å². The molecule has 0 saturated carbocycles. The third-order valence-electron chi connectivity index (χ3n) is 3.63. The van der Waals surface area contributed by atoms with Gasteiger partial charge < -0.3 is 4.90 Å². The summed E-state index contributed by atoms with van der Waals surface area (Å²) < 4.78 is 26.0. The molecule has 0 saturated heterocycles. The third kappa shape index (κ3) is 2.80. The van der Waals surface area contributed by atoms with Crippen molar-refractivity contribution >= 4 is 21.7 Å². The van der Waals surface area contributed by atoms with Gasteiger partial charge in [-0.2, -0.15) is 0 Å². The fraction of sp³-hybridized carbons (Fsp3) is 0.188. The van der Waals surface area contributed by atoms with Gasteiger partial charge in [-0.15, -0.1) is 0 Å². The summed E-state index contributed by atoms with van der Waals surface area (Å²) in [5.74, 6) is 0. The second-order valence-electron chi connectivity index (χ2n) is 5.46. The van der Waals surface area contributed by atoms with Crippen LogP contribution in [0.15, 0.2) is 57.2 Å². The lowest BCUT2D eigenvalue weighted by molar-refractivity contribution is -0.0200. The van der Waals surface area contributed by atoms with E-state index in [9.17, 15) is 13.6 Å². The minimum Gasteiger partial charge on any atom is -0.378 e. The maximum atomic E-state index is 13.0. The maximum absolute atomic E-state index is 13.0. The van der Waals surface area contributed by atoms with Crippen LogP contribution in [0.4, 0.5) is 5.69 Å². The molecule has 0 unspecified atom stereocenters. The Morgan fingerprint density at radius 1 is 1.17 bits per heavy atom. The molecule has 0 aromatic heterocycles. The van der Waals surface area contributed by atoms with Gasteiger partial charge in [-0.25, -0.2) is 13.5 Å². The summed E-state index contributed by atoms with van der Waals surface area (Å²) in [5.41, 5.74) is 0.806. The van der Waals surface area contributed by atoms with Gasteiger partial charge in [0.25, 0.3) is 0 Å². The molecule has 3 rings (SSSR count). The van der Waals surface area contributed by atoms with E-state index in [4.69, 9.17) is 0 Å². The highest BCUT2D eigenvalue weighted by molar-refractivity contribution is 7.91. The van der Waals surface area contributed by atoms with E-state index in [-0.39, 0.29) is 16.5 Å². The lowest BCUT2D eigenvalue weighted by Crippen LogP contribution is -2.37. The Morgan fingerprint density at radius 3 is 2.65 bits per heavy atom. The molecule has 0 aliphatic carbocycles. The summed E-state index contributed by atoms with van der Waals surface area (Å²) in [6.07, 6.45) is 1.47. The zero-order valence-electron chi connectivity index (χ0n) is 12.8. The normalized spacial score (nSPS) is 13.8. The van der Waals surface area contributed by atoms with Crippen molar-refractivity contribution in [2.24, 2.45) is 4.99 Å². The summed E-state index contributed by atoms with van der Waals surface area (Å²) in [4.78, 5) is 6.40. The highest BCUT2D eigenvalue weighted by Crippen LogP contribution is 2.22. The first-order chi connectivity index (χ1) is 10.9. The molecular formula is C16H17N3O3S. The molecule has 0 amide bonds. The van der Waals surface area contributed by atoms with Gasteiger partial charge in [0.1, 0.15) is 6.67 Å². The lowest BCUT2D eigenvalue weighted by atomic mass is 10.3. The summed E-state index contributed by atoms with van der Waals surface area (Å²) >= 11 is 0. The van der Waals surface area contributed by atoms with Crippen LogP contribution in [-0.4, -0.2) is 39.5 Å². The van der Waals surface area contributed by atoms with E-state index in [0.717, 1.165) is 10.8 Å². The molecule has 120 valence electrons. The van der Waals surface area contributed by atoms with Gasteiger partial charge in [-0.3, -0.25) is 10.2 Å². The Kier molecular flexibility index (Phi) is 3.83. The number of benzene rings is 2. The molecule has 0 bridgehead atoms. The minimum absolute atomic E-state index is 0.0112. The first-order valence-corrected chi connectivity index (χ1v) is 8.51. The van der Waals surface area contributed by atoms with Crippen molar-refractivity contribution in [2.75, 3.05) is 25.7 Å². The summed E-state index contributed by atoms with van der Waals surface area (Å²) in [5, 5.41) is 11.4. The SMILES string of the molecule is CN(C)c1cccc(S(=O)(=O)c2cccc3c2=NCN(O)C=3)c1. The summed E-state index contributed by atoms with van der Waals surface area (Å²) in [6.45, 7) is 0.0112. The Morgan fingerprint density at radius 2 is 1.91 bits per heavy atom. The molecule has 1 aliphatic heterocycles. The van der Waals surface area contributed by atoms with E-state index in [0.29, 0.717) is 10.6 Å². The average Bonchev–Trinajstić information content (AvgIpc) is 2.54. The van der Waals surface area contributed by atoms with Gasteiger partial charge in [0.05, 0.1) is 15.1 Å². The monoisotopic (exact) mass is 331 g/mol. The maximum Gasteiger partial charge on any atom is 0.208 e. The van der Waals surface area contributed by atoms with Crippen molar-refractivity contribution in [3.8, 4) is 0 Å². The topological polar surface area (TPSA) is 73.2 Å². The number of hydrogen-bond donors (Lipinski definition) is 1. The number of sulfone groups is 1. The van der Waals surface area contributed by atoms with Crippen LogP contribution < -0.4 is 15.5 Å². The Balaban J connectivity index is 2.22. The van der Waals surface area contributed by atoms with Crippen LogP contribution in [0.2, 0.25) is 0 Å². The molecule has 0 radical (unpaired) electrons. The fourth-order valence-corrected chi connectivity index (χ4v) is 3.91. The molecular weight excluding hydrogens is 314 g/mol. The van der Waals surface area contributed by atoms with Crippen LogP contribution >= 0.6 is 0 Å². The highest BCUT2D eigenvalue weighted by Gasteiger charge is 2.21. The van der Waals surface area contributed by atoms with E-state index < -0.39 is 9.84 Å². The molecule has 6 nitrogen and oxygen atoms in total. The summed E-state index contributed by atoms with van der Waals surface area (Å²) in [7, 11) is 0.0203. The standard InChI is InChI=1S/C16H17N3O3S/c1-18(2)13-6-4-7-14(9-13)23(21,22)15-8-3-5-12-10-19(20)11-17-16(12)15/h3-10,20H,11H2,1-2H3. The number of fused-ring (bicyclic) bond motifs is 1. The number of nitrogens with zero attached hydrogens (tertiary/aromatic N) is 3. The van der Waals surface area contributed by atoms with Crippen LogP contribution in [0.5, 0.6) is 0 Å². The van der Waals surface area contributed by atoms with Gasteiger partial charge >= 0.3 is 0 Å². The molecule has 7 heteroatoms. The second-order valence-corrected chi connectivity index (χ2v) is 7.38. The molecule has 0 fully saturated rings. The average molecular weight is 331 g/mol. The first kappa shape index (κ1) is 15.5. The van der Waals surface area contributed by atoms with Crippen molar-refractivity contribution in [3.63, 3.8) is 0 Å². The van der Waals surface area contributed by atoms with Crippen molar-refractivity contribution in [3.05, 3.63) is 53.0 Å². The number of anilines is 1. The van der Waals surface area contributed by atoms with Crippen molar-refractivity contribution < 1.29 is 13.6 Å². The van der Waals surface area contributed by atoms with Crippen LogP contribution in [0, 0.1) is 0 Å². The molecule has 2 aromatic carbocycles. The second kappa shape index (κ2) is 5.68. The van der Waals surface area contributed by atoms with E-state index in [1.165, 1.54) is 6.20 Å². The predicted molar refractivity (Wildman–Crippen MR) is 86.4 cm³/mol. The van der Waals surface area contributed by atoms with E-state index in [1.807, 2.05) is 25.1 Å². The predicted octanol–water partition coefficient (Wildman–Crippen LogP) is 0.605. The number of rotatable bonds is 3. The van der Waals surface area contributed by atoms with Gasteiger partial charge in [0.15, 0.2) is 0 Å².